The minimum absolute atomic E-state index is 0. The molecule has 0 amide bonds. The summed E-state index contributed by atoms with van der Waals surface area (Å²) in [5.74, 6) is -19.0. The normalized spacial score (nSPS) is 15.0. The molecule has 3 fully saturated rings. The fourth-order valence-electron chi connectivity index (χ4n) is 7.15. The van der Waals surface area contributed by atoms with Gasteiger partial charge in [0.1, 0.15) is 39.3 Å². The van der Waals surface area contributed by atoms with Crippen LogP contribution in [0.3, 0.4) is 0 Å². The van der Waals surface area contributed by atoms with Crippen molar-refractivity contribution in [3.8, 4) is 0 Å². The number of carboxylic acid groups (broad SMARTS) is 12. The first-order valence-corrected chi connectivity index (χ1v) is 16.1. The number of hydrogen-bond acceptors (Lipinski definition) is 21. The number of hydrogen-bond donors (Lipinski definition) is 9. The number of rotatable bonds is 24. The van der Waals surface area contributed by atoms with Crippen LogP contribution in [0.2, 0.25) is 0 Å². The summed E-state index contributed by atoms with van der Waals surface area (Å²) >= 11 is 0. The van der Waals surface area contributed by atoms with Crippen molar-refractivity contribution in [2.24, 2.45) is 0 Å². The summed E-state index contributed by atoms with van der Waals surface area (Å²) in [7, 11) is 0. The standard InChI is InChI=1S/3C10H13NO8.3H3N.3Na/c3*12-6(13)3-11(4-7(14)15,5-8(16)17)10(1-2-10)9(18)19;;;;;;/h3*1-5H2,(H3-,12,13,14,15,16,17,18,19);3*1H3;;;/q;;;;;;3*+1/p-3. The van der Waals surface area contributed by atoms with Gasteiger partial charge < -0.3 is 108 Å². The molecule has 0 unspecified atom stereocenters. The van der Waals surface area contributed by atoms with E-state index in [0.717, 1.165) is 0 Å². The van der Waals surface area contributed by atoms with Crippen LogP contribution in [0.1, 0.15) is 38.5 Å². The van der Waals surface area contributed by atoms with Gasteiger partial charge in [-0.3, -0.25) is 13.4 Å². The van der Waals surface area contributed by atoms with Crippen LogP contribution in [-0.2, 0) is 57.5 Å². The summed E-state index contributed by atoms with van der Waals surface area (Å²) in [6.45, 7) is -8.85. The molecule has 0 radical (unpaired) electrons. The predicted octanol–water partition coefficient (Wildman–Crippen LogP) is -20.5. The van der Waals surface area contributed by atoms with Crippen molar-refractivity contribution in [1.82, 2.24) is 18.5 Å². The van der Waals surface area contributed by atoms with E-state index in [1.54, 1.807) is 0 Å². The number of quaternary nitrogens is 3. The second-order valence-electron chi connectivity index (χ2n) is 13.8. The summed E-state index contributed by atoms with van der Waals surface area (Å²) in [6, 6.07) is 0. The molecule has 342 valence electrons. The third kappa shape index (κ3) is 18.1. The van der Waals surface area contributed by atoms with Crippen molar-refractivity contribution < 1.29 is 221 Å². The zero-order chi connectivity index (χ0) is 44.5. The molecule has 0 saturated heterocycles. The molecule has 0 spiro atoms. The molecular formula is C30H45N6Na3O24. The van der Waals surface area contributed by atoms with E-state index in [0.29, 0.717) is 0 Å². The number of carbonyl (C=O) groups is 12. The zero-order valence-electron chi connectivity index (χ0n) is 34.6. The Morgan fingerprint density at radius 1 is 0.317 bits per heavy atom. The Kier molecular flexibility index (Phi) is 31.2. The molecule has 0 atom stereocenters. The molecular weight excluding hydrogens is 897 g/mol. The monoisotopic (exact) mass is 942 g/mol. The van der Waals surface area contributed by atoms with Gasteiger partial charge in [-0.25, -0.2) is 28.8 Å². The quantitative estimate of drug-likeness (QED) is 0.0320. The molecule has 3 aliphatic rings. The van der Waals surface area contributed by atoms with Crippen LogP contribution in [-0.4, -0.2) is 191 Å². The largest absolute Gasteiger partial charge is 1.00 e. The van der Waals surface area contributed by atoms with Crippen LogP contribution in [0.25, 0.3) is 0 Å². The van der Waals surface area contributed by atoms with Crippen molar-refractivity contribution in [3.05, 3.63) is 0 Å². The smallest absolute Gasteiger partial charge is 0.544 e. The van der Waals surface area contributed by atoms with Crippen molar-refractivity contribution in [1.29, 1.82) is 0 Å². The number of aliphatic carboxylic acids is 12. The van der Waals surface area contributed by atoms with Crippen molar-refractivity contribution in [2.45, 2.75) is 55.1 Å². The Morgan fingerprint density at radius 2 is 0.444 bits per heavy atom. The Hall–Kier alpha value is -3.60. The maximum Gasteiger partial charge on any atom is 1.00 e. The molecule has 0 aromatic rings. The van der Waals surface area contributed by atoms with E-state index in [-0.39, 0.29) is 146 Å². The molecule has 33 heteroatoms. The molecule has 0 bridgehead atoms. The van der Waals surface area contributed by atoms with Gasteiger partial charge in [0.15, 0.2) is 36.3 Å². The van der Waals surface area contributed by atoms with Gasteiger partial charge in [-0.15, -0.1) is 0 Å². The topological polar surface area (TPSA) is 570 Å². The van der Waals surface area contributed by atoms with E-state index < -0.39 is 161 Å². The van der Waals surface area contributed by atoms with Gasteiger partial charge in [0, 0.05) is 38.5 Å². The van der Waals surface area contributed by atoms with E-state index in [4.69, 9.17) is 30.6 Å². The molecule has 0 aliphatic heterocycles. The molecule has 30 nitrogen and oxygen atoms in total. The first-order chi connectivity index (χ1) is 25.9. The summed E-state index contributed by atoms with van der Waals surface area (Å²) in [5, 5.41) is 118. The molecule has 3 aliphatic carbocycles. The third-order valence-corrected chi connectivity index (χ3v) is 9.99. The SMILES string of the molecule is N.N.N.O=C([O-])C[N+](CC(=O)[O-])(CC(=O)O)C1(C(=O)O)CC1.O=C([O-])C[N+](CC(=O)[O-])(CC(=O)O)C1(C(=O)O)CC1.O=C([O-])C[N+](CC(=O)[O-])(CC(=O)O)C1(C(=O)O)CC1.[Na+].[Na+].[Na+]. The number of nitrogens with zero attached hydrogens (tertiary/aromatic N) is 3. The van der Waals surface area contributed by atoms with Gasteiger partial charge in [0.05, 0.1) is 35.8 Å². The summed E-state index contributed by atoms with van der Waals surface area (Å²) in [4.78, 5) is 131. The van der Waals surface area contributed by atoms with Crippen molar-refractivity contribution in [2.75, 3.05) is 58.9 Å². The fourth-order valence-corrected chi connectivity index (χ4v) is 7.15. The zero-order valence-corrected chi connectivity index (χ0v) is 40.6. The van der Waals surface area contributed by atoms with Crippen LogP contribution in [0.15, 0.2) is 0 Å². The Bertz CT molecular complexity index is 1420. The number of carbonyl (C=O) groups excluding carboxylic acids is 6. The van der Waals surface area contributed by atoms with Crippen LogP contribution in [0.5, 0.6) is 0 Å². The van der Waals surface area contributed by atoms with E-state index in [1.807, 2.05) is 0 Å². The first kappa shape index (κ1) is 71.0. The van der Waals surface area contributed by atoms with E-state index in [9.17, 15) is 88.2 Å². The number of carboxylic acids is 12. The summed E-state index contributed by atoms with van der Waals surface area (Å²) in [5.41, 5.74) is -5.13. The fraction of sp³-hybridized carbons (Fsp3) is 0.600. The van der Waals surface area contributed by atoms with Crippen LogP contribution >= 0.6 is 0 Å². The molecule has 0 aromatic carbocycles. The maximum atomic E-state index is 11.2. The van der Waals surface area contributed by atoms with Gasteiger partial charge in [0.2, 0.25) is 0 Å². The van der Waals surface area contributed by atoms with Gasteiger partial charge in [-0.05, 0) is 0 Å². The third-order valence-electron chi connectivity index (χ3n) is 9.99. The van der Waals surface area contributed by atoms with Gasteiger partial charge in [-0.2, -0.15) is 0 Å². The van der Waals surface area contributed by atoms with Gasteiger partial charge >= 0.3 is 124 Å². The van der Waals surface area contributed by atoms with E-state index >= 15 is 0 Å². The second kappa shape index (κ2) is 27.7. The first-order valence-electron chi connectivity index (χ1n) is 16.1. The van der Waals surface area contributed by atoms with Crippen molar-refractivity contribution >= 4 is 71.6 Å². The molecule has 0 aromatic heterocycles. The Labute approximate surface area is 421 Å². The molecule has 0 heterocycles. The van der Waals surface area contributed by atoms with E-state index in [1.165, 1.54) is 0 Å². The minimum atomic E-state index is -1.71. The van der Waals surface area contributed by atoms with Gasteiger partial charge in [0.25, 0.3) is 0 Å². The summed E-state index contributed by atoms with van der Waals surface area (Å²) in [6.07, 6.45) is 0.0606. The minimum Gasteiger partial charge on any atom is -0.544 e. The molecule has 63 heavy (non-hydrogen) atoms. The molecule has 3 saturated carbocycles. The summed E-state index contributed by atoms with van der Waals surface area (Å²) < 4.78 is -3.41. The molecule has 15 N–H and O–H groups in total. The Morgan fingerprint density at radius 3 is 0.508 bits per heavy atom. The van der Waals surface area contributed by atoms with E-state index in [2.05, 4.69) is 0 Å². The second-order valence-corrected chi connectivity index (χ2v) is 13.8. The predicted molar refractivity (Wildman–Crippen MR) is 171 cm³/mol. The molecule has 3 rings (SSSR count). The van der Waals surface area contributed by atoms with Crippen LogP contribution < -0.4 is 138 Å². The van der Waals surface area contributed by atoms with Gasteiger partial charge in [-0.1, -0.05) is 0 Å². The van der Waals surface area contributed by atoms with Crippen LogP contribution in [0.4, 0.5) is 0 Å². The van der Waals surface area contributed by atoms with Crippen molar-refractivity contribution in [3.63, 3.8) is 0 Å². The maximum absolute atomic E-state index is 11.2. The Balaban J connectivity index is -0.000000185. The average Bonchev–Trinajstić information content (AvgIpc) is 3.86. The average molecular weight is 943 g/mol. The van der Waals surface area contributed by atoms with Crippen LogP contribution in [0, 0.1) is 0 Å².